The van der Waals surface area contributed by atoms with Crippen LogP contribution in [0.5, 0.6) is 11.5 Å². The molecule has 0 saturated carbocycles. The molecule has 0 aliphatic carbocycles. The summed E-state index contributed by atoms with van der Waals surface area (Å²) in [5.41, 5.74) is 3.13. The summed E-state index contributed by atoms with van der Waals surface area (Å²) in [5.74, 6) is 2.07. The summed E-state index contributed by atoms with van der Waals surface area (Å²) in [5, 5.41) is 12.1. The highest BCUT2D eigenvalue weighted by molar-refractivity contribution is 6.31. The highest BCUT2D eigenvalue weighted by Crippen LogP contribution is 2.42. The standard InChI is InChI=1S/C25H31Cl2NO3/c1-16(2)21-12-22(27)17(3)10-24(21)30-15-20(29)14-28-8-6-25(7-9-28)13-18-11-19(26)4-5-23(18)31-25/h4-5,10-12,16,20,29H,6-9,13-15H2,1-3H3/t20-/m1/s1. The number of hydrogen-bond donors (Lipinski definition) is 1. The van der Waals surface area contributed by atoms with Crippen LogP contribution in [-0.4, -0.2) is 48.0 Å². The van der Waals surface area contributed by atoms with Crippen LogP contribution in [0.15, 0.2) is 30.3 Å². The Morgan fingerprint density at radius 3 is 2.61 bits per heavy atom. The van der Waals surface area contributed by atoms with Crippen LogP contribution in [0.25, 0.3) is 0 Å². The van der Waals surface area contributed by atoms with Gasteiger partial charge in [-0.2, -0.15) is 0 Å². The number of hydrogen-bond acceptors (Lipinski definition) is 4. The molecule has 4 rings (SSSR count). The van der Waals surface area contributed by atoms with Crippen molar-refractivity contribution in [2.45, 2.75) is 57.7 Å². The maximum absolute atomic E-state index is 10.6. The molecule has 0 unspecified atom stereocenters. The van der Waals surface area contributed by atoms with Gasteiger partial charge in [0, 0.05) is 48.9 Å². The molecule has 1 saturated heterocycles. The van der Waals surface area contributed by atoms with Gasteiger partial charge in [-0.1, -0.05) is 37.0 Å². The summed E-state index contributed by atoms with van der Waals surface area (Å²) >= 11 is 12.4. The van der Waals surface area contributed by atoms with E-state index in [4.69, 9.17) is 32.7 Å². The lowest BCUT2D eigenvalue weighted by Crippen LogP contribution is -2.49. The fraction of sp³-hybridized carbons (Fsp3) is 0.520. The number of nitrogens with zero attached hydrogens (tertiary/aromatic N) is 1. The van der Waals surface area contributed by atoms with Gasteiger partial charge in [0.2, 0.25) is 0 Å². The highest BCUT2D eigenvalue weighted by atomic mass is 35.5. The third-order valence-corrected chi connectivity index (χ3v) is 7.08. The number of β-amino-alcohol motifs (C(OH)–C–C–N with tert-alkyl or cyclic N) is 1. The van der Waals surface area contributed by atoms with Crippen LogP contribution >= 0.6 is 23.2 Å². The van der Waals surface area contributed by atoms with Gasteiger partial charge in [0.25, 0.3) is 0 Å². The molecule has 4 nitrogen and oxygen atoms in total. The number of piperidine rings is 1. The fourth-order valence-corrected chi connectivity index (χ4v) is 4.97. The van der Waals surface area contributed by atoms with E-state index in [0.717, 1.165) is 65.0 Å². The SMILES string of the molecule is Cc1cc(OC[C@H](O)CN2CCC3(CC2)Cc2cc(Cl)ccc2O3)c(C(C)C)cc1Cl. The number of rotatable bonds is 6. The minimum Gasteiger partial charge on any atom is -0.491 e. The molecule has 1 atom stereocenters. The number of ether oxygens (including phenoxy) is 2. The number of aryl methyl sites for hydroxylation is 1. The van der Waals surface area contributed by atoms with Crippen molar-refractivity contribution in [1.82, 2.24) is 4.90 Å². The first kappa shape index (κ1) is 22.7. The van der Waals surface area contributed by atoms with Crippen LogP contribution in [0.3, 0.4) is 0 Å². The molecule has 0 amide bonds. The summed E-state index contributed by atoms with van der Waals surface area (Å²) in [6.45, 7) is 8.86. The number of benzene rings is 2. The van der Waals surface area contributed by atoms with Crippen molar-refractivity contribution in [3.63, 3.8) is 0 Å². The Labute approximate surface area is 195 Å². The molecule has 168 valence electrons. The Hall–Kier alpha value is -1.46. The Bertz CT molecular complexity index is 939. The third-order valence-electron chi connectivity index (χ3n) is 6.44. The van der Waals surface area contributed by atoms with Crippen LogP contribution in [0.4, 0.5) is 0 Å². The molecule has 0 aromatic heterocycles. The zero-order valence-corrected chi connectivity index (χ0v) is 20.0. The van der Waals surface area contributed by atoms with Crippen molar-refractivity contribution in [3.05, 3.63) is 57.1 Å². The third kappa shape index (κ3) is 5.14. The molecule has 2 aliphatic rings. The number of likely N-dealkylation sites (tertiary alicyclic amines) is 1. The minimum atomic E-state index is -0.550. The number of fused-ring (bicyclic) bond motifs is 1. The number of aliphatic hydroxyl groups is 1. The first-order valence-corrected chi connectivity index (χ1v) is 11.8. The molecule has 6 heteroatoms. The summed E-state index contributed by atoms with van der Waals surface area (Å²) in [6, 6.07) is 9.82. The van der Waals surface area contributed by atoms with Crippen LogP contribution in [0.1, 0.15) is 49.3 Å². The lowest BCUT2D eigenvalue weighted by molar-refractivity contribution is -0.00203. The average molecular weight is 464 g/mol. The molecule has 0 radical (unpaired) electrons. The average Bonchev–Trinajstić information content (AvgIpc) is 3.07. The van der Waals surface area contributed by atoms with Crippen LogP contribution < -0.4 is 9.47 Å². The Balaban J connectivity index is 1.29. The van der Waals surface area contributed by atoms with Gasteiger partial charge < -0.3 is 19.5 Å². The zero-order valence-electron chi connectivity index (χ0n) is 18.5. The number of halogens is 2. The number of aliphatic hydroxyl groups excluding tert-OH is 1. The molecule has 1 fully saturated rings. The van der Waals surface area contributed by atoms with E-state index in [0.29, 0.717) is 12.5 Å². The van der Waals surface area contributed by atoms with Crippen LogP contribution in [0.2, 0.25) is 10.0 Å². The predicted octanol–water partition coefficient (Wildman–Crippen LogP) is 5.63. The lowest BCUT2D eigenvalue weighted by atomic mass is 9.87. The fourth-order valence-electron chi connectivity index (χ4n) is 4.61. The molecule has 2 heterocycles. The van der Waals surface area contributed by atoms with Gasteiger partial charge in [-0.05, 0) is 59.9 Å². The maximum Gasteiger partial charge on any atom is 0.123 e. The van der Waals surface area contributed by atoms with Crippen LogP contribution in [0, 0.1) is 6.92 Å². The second-order valence-corrected chi connectivity index (χ2v) is 10.1. The van der Waals surface area contributed by atoms with E-state index in [-0.39, 0.29) is 12.2 Å². The molecule has 0 bridgehead atoms. The Morgan fingerprint density at radius 1 is 1.16 bits per heavy atom. The predicted molar refractivity (Wildman–Crippen MR) is 126 cm³/mol. The molecular weight excluding hydrogens is 433 g/mol. The van der Waals surface area contributed by atoms with Gasteiger partial charge in [-0.15, -0.1) is 0 Å². The van der Waals surface area contributed by atoms with E-state index in [1.807, 2.05) is 37.3 Å². The zero-order chi connectivity index (χ0) is 22.2. The van der Waals surface area contributed by atoms with Gasteiger partial charge in [0.1, 0.15) is 29.8 Å². The van der Waals surface area contributed by atoms with Gasteiger partial charge in [0.15, 0.2) is 0 Å². The summed E-state index contributed by atoms with van der Waals surface area (Å²) in [4.78, 5) is 2.30. The first-order chi connectivity index (χ1) is 14.7. The molecule has 1 N–H and O–H groups in total. The quantitative estimate of drug-likeness (QED) is 0.601. The second-order valence-electron chi connectivity index (χ2n) is 9.27. The highest BCUT2D eigenvalue weighted by Gasteiger charge is 2.42. The normalized spacial score (nSPS) is 18.8. The Kier molecular flexibility index (Phi) is 6.73. The van der Waals surface area contributed by atoms with Crippen molar-refractivity contribution in [1.29, 1.82) is 0 Å². The topological polar surface area (TPSA) is 41.9 Å². The van der Waals surface area contributed by atoms with E-state index in [1.165, 1.54) is 5.56 Å². The van der Waals surface area contributed by atoms with E-state index < -0.39 is 6.10 Å². The lowest BCUT2D eigenvalue weighted by Gasteiger charge is -2.39. The maximum atomic E-state index is 10.6. The molecule has 2 aromatic carbocycles. The van der Waals surface area contributed by atoms with E-state index in [2.05, 4.69) is 18.7 Å². The molecular formula is C25H31Cl2NO3. The van der Waals surface area contributed by atoms with Crippen molar-refractivity contribution in [2.24, 2.45) is 0 Å². The summed E-state index contributed by atoms with van der Waals surface area (Å²) in [7, 11) is 0. The molecule has 2 aliphatic heterocycles. The first-order valence-electron chi connectivity index (χ1n) is 11.1. The second kappa shape index (κ2) is 9.19. The van der Waals surface area contributed by atoms with E-state index in [9.17, 15) is 5.11 Å². The van der Waals surface area contributed by atoms with Crippen molar-refractivity contribution < 1.29 is 14.6 Å². The minimum absolute atomic E-state index is 0.127. The van der Waals surface area contributed by atoms with E-state index >= 15 is 0 Å². The van der Waals surface area contributed by atoms with Crippen molar-refractivity contribution in [2.75, 3.05) is 26.2 Å². The van der Waals surface area contributed by atoms with Gasteiger partial charge >= 0.3 is 0 Å². The Morgan fingerprint density at radius 2 is 1.90 bits per heavy atom. The van der Waals surface area contributed by atoms with Crippen molar-refractivity contribution in [3.8, 4) is 11.5 Å². The largest absolute Gasteiger partial charge is 0.491 e. The monoisotopic (exact) mass is 463 g/mol. The molecule has 1 spiro atoms. The molecule has 2 aromatic rings. The summed E-state index contributed by atoms with van der Waals surface area (Å²) in [6.07, 6.45) is 2.25. The summed E-state index contributed by atoms with van der Waals surface area (Å²) < 4.78 is 12.3. The smallest absolute Gasteiger partial charge is 0.123 e. The van der Waals surface area contributed by atoms with Crippen LogP contribution in [-0.2, 0) is 6.42 Å². The molecule has 31 heavy (non-hydrogen) atoms. The van der Waals surface area contributed by atoms with Gasteiger partial charge in [-0.3, -0.25) is 0 Å². The van der Waals surface area contributed by atoms with E-state index in [1.54, 1.807) is 0 Å². The van der Waals surface area contributed by atoms with Gasteiger partial charge in [0.05, 0.1) is 0 Å². The van der Waals surface area contributed by atoms with Gasteiger partial charge in [-0.25, -0.2) is 0 Å². The van der Waals surface area contributed by atoms with Crippen molar-refractivity contribution >= 4 is 23.2 Å².